The number of pyridine rings is 1. The summed E-state index contributed by atoms with van der Waals surface area (Å²) in [6.07, 6.45) is 6.20. The molecule has 2 aliphatic rings. The molecule has 0 saturated heterocycles. The molecule has 0 N–H and O–H groups in total. The Morgan fingerprint density at radius 1 is 1.06 bits per heavy atom. The molecule has 0 unspecified atom stereocenters. The normalized spacial score (nSPS) is 15.7. The molecule has 0 radical (unpaired) electrons. The Hall–Kier alpha value is -1.83. The van der Waals surface area contributed by atoms with E-state index in [1.54, 1.807) is 0 Å². The molecule has 0 aliphatic carbocycles. The fourth-order valence-electron chi connectivity index (χ4n) is 3.24. The minimum absolute atomic E-state index is 1.03. The Balaban J connectivity index is 2.02. The van der Waals surface area contributed by atoms with Crippen LogP contribution < -0.4 is 4.90 Å². The quantitative estimate of drug-likeness (QED) is 0.681. The Morgan fingerprint density at radius 2 is 1.94 bits per heavy atom. The highest BCUT2D eigenvalue weighted by molar-refractivity contribution is 5.80. The zero-order valence-corrected chi connectivity index (χ0v) is 9.90. The summed E-state index contributed by atoms with van der Waals surface area (Å²) in [5.41, 5.74) is 8.50. The van der Waals surface area contributed by atoms with Gasteiger partial charge in [0, 0.05) is 31.0 Å². The van der Waals surface area contributed by atoms with Crippen molar-refractivity contribution >= 4 is 11.4 Å². The van der Waals surface area contributed by atoms with Crippen molar-refractivity contribution in [1.82, 2.24) is 4.98 Å². The Morgan fingerprint density at radius 3 is 2.88 bits per heavy atom. The lowest BCUT2D eigenvalue weighted by Gasteiger charge is -2.31. The number of anilines is 2. The summed E-state index contributed by atoms with van der Waals surface area (Å²) < 4.78 is 0. The van der Waals surface area contributed by atoms with Crippen LogP contribution in [0.4, 0.5) is 11.4 Å². The van der Waals surface area contributed by atoms with Crippen molar-refractivity contribution in [2.24, 2.45) is 0 Å². The maximum Gasteiger partial charge on any atom is 0.0507 e. The monoisotopic (exact) mass is 222 g/mol. The topological polar surface area (TPSA) is 16.1 Å². The first-order chi connectivity index (χ1) is 8.34. The molecule has 2 nitrogen and oxygen atoms in total. The second kappa shape index (κ2) is 3.10. The number of hydrogen-bond acceptors (Lipinski definition) is 2. The van der Waals surface area contributed by atoms with E-state index in [4.69, 9.17) is 0 Å². The van der Waals surface area contributed by atoms with Gasteiger partial charge in [-0.15, -0.1) is 0 Å². The van der Waals surface area contributed by atoms with Crippen LogP contribution in [0.1, 0.15) is 22.3 Å². The van der Waals surface area contributed by atoms with Crippen LogP contribution in [0.2, 0.25) is 0 Å². The van der Waals surface area contributed by atoms with E-state index in [0.717, 1.165) is 13.0 Å². The Labute approximate surface area is 101 Å². The molecule has 2 aromatic rings. The molecule has 4 rings (SSSR count). The minimum Gasteiger partial charge on any atom is -0.340 e. The van der Waals surface area contributed by atoms with Gasteiger partial charge in [0.15, 0.2) is 0 Å². The standard InChI is InChI=1S/C15H14N2/c1-10-8-16-9-13-7-12-4-2-3-11-5-6-17(14(10)13)15(11)12/h2-4,8-9H,5-7H2,1H3. The molecule has 0 atom stereocenters. The third-order valence-corrected chi connectivity index (χ3v) is 3.90. The van der Waals surface area contributed by atoms with E-state index in [0.29, 0.717) is 0 Å². The summed E-state index contributed by atoms with van der Waals surface area (Å²) in [5.74, 6) is 0. The van der Waals surface area contributed by atoms with Crippen LogP contribution >= 0.6 is 0 Å². The van der Waals surface area contributed by atoms with Crippen LogP contribution in [-0.2, 0) is 12.8 Å². The van der Waals surface area contributed by atoms with Crippen LogP contribution in [0.25, 0.3) is 0 Å². The maximum absolute atomic E-state index is 4.33. The first kappa shape index (κ1) is 9.23. The van der Waals surface area contributed by atoms with Gasteiger partial charge in [-0.05, 0) is 35.6 Å². The van der Waals surface area contributed by atoms with E-state index in [9.17, 15) is 0 Å². The summed E-state index contributed by atoms with van der Waals surface area (Å²) in [5, 5.41) is 0. The van der Waals surface area contributed by atoms with Crippen LogP contribution in [0.15, 0.2) is 30.6 Å². The second-order valence-electron chi connectivity index (χ2n) is 4.97. The van der Waals surface area contributed by atoms with E-state index in [-0.39, 0.29) is 0 Å². The predicted octanol–water partition coefficient (Wildman–Crippen LogP) is 2.99. The fourth-order valence-corrected chi connectivity index (χ4v) is 3.24. The van der Waals surface area contributed by atoms with Gasteiger partial charge < -0.3 is 4.90 Å². The van der Waals surface area contributed by atoms with Crippen LogP contribution in [0.5, 0.6) is 0 Å². The lowest BCUT2D eigenvalue weighted by molar-refractivity contribution is 0.950. The number of para-hydroxylation sites is 1. The Bertz CT molecular complexity index is 616. The molecule has 0 amide bonds. The van der Waals surface area contributed by atoms with Crippen molar-refractivity contribution in [3.63, 3.8) is 0 Å². The average Bonchev–Trinajstić information content (AvgIpc) is 2.75. The maximum atomic E-state index is 4.33. The first-order valence-electron chi connectivity index (χ1n) is 6.16. The van der Waals surface area contributed by atoms with E-state index < -0.39 is 0 Å². The van der Waals surface area contributed by atoms with Gasteiger partial charge in [-0.1, -0.05) is 18.2 Å². The molecule has 0 fully saturated rings. The van der Waals surface area contributed by atoms with Gasteiger partial charge in [0.1, 0.15) is 0 Å². The first-order valence-corrected chi connectivity index (χ1v) is 6.16. The molecule has 84 valence electrons. The minimum atomic E-state index is 1.03. The zero-order valence-electron chi connectivity index (χ0n) is 9.90. The smallest absolute Gasteiger partial charge is 0.0507 e. The highest BCUT2D eigenvalue weighted by Gasteiger charge is 2.30. The number of aromatic nitrogens is 1. The van der Waals surface area contributed by atoms with E-state index in [2.05, 4.69) is 35.0 Å². The molecule has 2 heteroatoms. The summed E-state index contributed by atoms with van der Waals surface area (Å²) in [7, 11) is 0. The van der Waals surface area contributed by atoms with Crippen molar-refractivity contribution in [3.8, 4) is 0 Å². The third-order valence-electron chi connectivity index (χ3n) is 3.90. The molecule has 0 spiro atoms. The molecule has 17 heavy (non-hydrogen) atoms. The molecule has 0 saturated carbocycles. The van der Waals surface area contributed by atoms with Crippen molar-refractivity contribution in [2.75, 3.05) is 11.4 Å². The largest absolute Gasteiger partial charge is 0.340 e. The van der Waals surface area contributed by atoms with Gasteiger partial charge in [-0.3, -0.25) is 4.98 Å². The molecular weight excluding hydrogens is 208 g/mol. The van der Waals surface area contributed by atoms with Gasteiger partial charge >= 0.3 is 0 Å². The summed E-state index contributed by atoms with van der Waals surface area (Å²) >= 11 is 0. The highest BCUT2D eigenvalue weighted by Crippen LogP contribution is 2.45. The number of fused-ring (bicyclic) bond motifs is 2. The molecule has 1 aromatic heterocycles. The van der Waals surface area contributed by atoms with Crippen LogP contribution in [-0.4, -0.2) is 11.5 Å². The van der Waals surface area contributed by atoms with E-state index in [1.807, 2.05) is 12.4 Å². The highest BCUT2D eigenvalue weighted by atomic mass is 15.2. The Kier molecular flexibility index (Phi) is 1.68. The predicted molar refractivity (Wildman–Crippen MR) is 68.9 cm³/mol. The second-order valence-corrected chi connectivity index (χ2v) is 4.97. The number of aryl methyl sites for hydroxylation is 1. The van der Waals surface area contributed by atoms with Crippen LogP contribution in [0, 0.1) is 6.92 Å². The van der Waals surface area contributed by atoms with E-state index in [1.165, 1.54) is 40.0 Å². The summed E-state index contributed by atoms with van der Waals surface area (Å²) in [6, 6.07) is 6.70. The molecular formula is C15H14N2. The fraction of sp³-hybridized carbons (Fsp3) is 0.267. The zero-order chi connectivity index (χ0) is 11.4. The number of benzene rings is 1. The third kappa shape index (κ3) is 1.13. The number of hydrogen-bond donors (Lipinski definition) is 0. The van der Waals surface area contributed by atoms with Crippen LogP contribution in [0.3, 0.4) is 0 Å². The van der Waals surface area contributed by atoms with Gasteiger partial charge in [-0.25, -0.2) is 0 Å². The van der Waals surface area contributed by atoms with Crippen molar-refractivity contribution in [3.05, 3.63) is 52.8 Å². The number of rotatable bonds is 0. The SMILES string of the molecule is Cc1cncc2c1N1CCc3cccc(c31)C2. The number of nitrogens with zero attached hydrogens (tertiary/aromatic N) is 2. The van der Waals surface area contributed by atoms with Crippen molar-refractivity contribution < 1.29 is 0 Å². The summed E-state index contributed by atoms with van der Waals surface area (Å²) in [6.45, 7) is 3.28. The molecule has 1 aromatic carbocycles. The van der Waals surface area contributed by atoms with Gasteiger partial charge in [-0.2, -0.15) is 0 Å². The van der Waals surface area contributed by atoms with Gasteiger partial charge in [0.2, 0.25) is 0 Å². The molecule has 0 bridgehead atoms. The molecule has 3 heterocycles. The average molecular weight is 222 g/mol. The van der Waals surface area contributed by atoms with Crippen molar-refractivity contribution in [2.45, 2.75) is 19.8 Å². The lowest BCUT2D eigenvalue weighted by Crippen LogP contribution is -2.21. The van der Waals surface area contributed by atoms with Crippen molar-refractivity contribution in [1.29, 1.82) is 0 Å². The van der Waals surface area contributed by atoms with Gasteiger partial charge in [0.05, 0.1) is 5.69 Å². The van der Waals surface area contributed by atoms with E-state index >= 15 is 0 Å². The summed E-state index contributed by atoms with van der Waals surface area (Å²) in [4.78, 5) is 6.82. The lowest BCUT2D eigenvalue weighted by atomic mass is 9.95. The van der Waals surface area contributed by atoms with Gasteiger partial charge in [0.25, 0.3) is 0 Å². The molecule has 2 aliphatic heterocycles.